The molecule has 2 N–H and O–H groups in total. The fourth-order valence-corrected chi connectivity index (χ4v) is 2.64. The van der Waals surface area contributed by atoms with Crippen LogP contribution in [-0.2, 0) is 6.42 Å². The Balaban J connectivity index is 2.40. The van der Waals surface area contributed by atoms with Gasteiger partial charge in [0.15, 0.2) is 0 Å². The molecule has 1 atom stereocenters. The van der Waals surface area contributed by atoms with Crippen LogP contribution < -0.4 is 10.6 Å². The van der Waals surface area contributed by atoms with Crippen LogP contribution in [0.25, 0.3) is 0 Å². The van der Waals surface area contributed by atoms with Gasteiger partial charge in [-0.3, -0.25) is 0 Å². The standard InChI is InChI=1S/C17H21BrN2/c1-4-13-5-8-15(9-6-13)20(3)17-11-14(18)7-10-16(17)12(2)19/h5-12H,4,19H2,1-3H3. The first kappa shape index (κ1) is 15.1. The maximum Gasteiger partial charge on any atom is 0.0467 e. The quantitative estimate of drug-likeness (QED) is 0.871. The fourth-order valence-electron chi connectivity index (χ4n) is 2.29. The van der Waals surface area contributed by atoms with E-state index in [-0.39, 0.29) is 6.04 Å². The molecule has 0 spiro atoms. The summed E-state index contributed by atoms with van der Waals surface area (Å²) in [6.07, 6.45) is 1.06. The third-order valence-corrected chi connectivity index (χ3v) is 4.07. The molecule has 0 heterocycles. The summed E-state index contributed by atoms with van der Waals surface area (Å²) in [7, 11) is 2.08. The van der Waals surface area contributed by atoms with Gasteiger partial charge in [0.05, 0.1) is 0 Å². The van der Waals surface area contributed by atoms with Crippen LogP contribution in [-0.4, -0.2) is 7.05 Å². The summed E-state index contributed by atoms with van der Waals surface area (Å²) in [6, 6.07) is 14.9. The number of aryl methyl sites for hydroxylation is 1. The topological polar surface area (TPSA) is 29.3 Å². The molecule has 0 aliphatic rings. The minimum absolute atomic E-state index is 0.00969. The van der Waals surface area contributed by atoms with Crippen molar-refractivity contribution in [1.29, 1.82) is 0 Å². The Labute approximate surface area is 129 Å². The van der Waals surface area contributed by atoms with Crippen molar-refractivity contribution in [3.8, 4) is 0 Å². The maximum atomic E-state index is 6.08. The van der Waals surface area contributed by atoms with Crippen LogP contribution in [0.15, 0.2) is 46.9 Å². The molecule has 0 aliphatic heterocycles. The Kier molecular flexibility index (Phi) is 4.84. The molecule has 0 saturated carbocycles. The maximum absolute atomic E-state index is 6.08. The third kappa shape index (κ3) is 3.22. The predicted molar refractivity (Wildman–Crippen MR) is 90.6 cm³/mol. The Morgan fingerprint density at radius 3 is 2.35 bits per heavy atom. The van der Waals surface area contributed by atoms with E-state index in [4.69, 9.17) is 5.73 Å². The molecule has 20 heavy (non-hydrogen) atoms. The third-order valence-electron chi connectivity index (χ3n) is 3.58. The highest BCUT2D eigenvalue weighted by Gasteiger charge is 2.12. The Bertz CT molecular complexity index is 576. The first-order chi connectivity index (χ1) is 9.52. The van der Waals surface area contributed by atoms with Crippen molar-refractivity contribution in [1.82, 2.24) is 0 Å². The molecule has 3 heteroatoms. The van der Waals surface area contributed by atoms with E-state index in [2.05, 4.69) is 71.2 Å². The number of nitrogens with two attached hydrogens (primary N) is 1. The highest BCUT2D eigenvalue weighted by molar-refractivity contribution is 9.10. The van der Waals surface area contributed by atoms with E-state index in [1.165, 1.54) is 11.3 Å². The van der Waals surface area contributed by atoms with Crippen molar-refractivity contribution in [3.05, 3.63) is 58.1 Å². The second-order valence-corrected chi connectivity index (χ2v) is 5.99. The molecule has 2 aromatic carbocycles. The van der Waals surface area contributed by atoms with Gasteiger partial charge in [0, 0.05) is 28.9 Å². The van der Waals surface area contributed by atoms with Crippen LogP contribution in [0.1, 0.15) is 31.0 Å². The molecule has 2 rings (SSSR count). The van der Waals surface area contributed by atoms with Crippen molar-refractivity contribution < 1.29 is 0 Å². The lowest BCUT2D eigenvalue weighted by Crippen LogP contribution is -2.15. The van der Waals surface area contributed by atoms with Gasteiger partial charge in [-0.15, -0.1) is 0 Å². The number of nitrogens with zero attached hydrogens (tertiary/aromatic N) is 1. The van der Waals surface area contributed by atoms with Crippen molar-refractivity contribution in [2.45, 2.75) is 26.3 Å². The second-order valence-electron chi connectivity index (χ2n) is 5.07. The zero-order valence-electron chi connectivity index (χ0n) is 12.2. The van der Waals surface area contributed by atoms with Crippen LogP contribution in [0.5, 0.6) is 0 Å². The van der Waals surface area contributed by atoms with Crippen molar-refractivity contribution in [2.24, 2.45) is 5.73 Å². The van der Waals surface area contributed by atoms with E-state index in [1.807, 2.05) is 13.0 Å². The minimum Gasteiger partial charge on any atom is -0.344 e. The predicted octanol–water partition coefficient (Wildman–Crippen LogP) is 4.80. The van der Waals surface area contributed by atoms with E-state index in [1.54, 1.807) is 0 Å². The Morgan fingerprint density at radius 1 is 1.15 bits per heavy atom. The van der Waals surface area contributed by atoms with Gasteiger partial charge < -0.3 is 10.6 Å². The average Bonchev–Trinajstić information content (AvgIpc) is 2.46. The number of hydrogen-bond acceptors (Lipinski definition) is 2. The summed E-state index contributed by atoms with van der Waals surface area (Å²) in [6.45, 7) is 4.18. The molecule has 0 aromatic heterocycles. The highest BCUT2D eigenvalue weighted by atomic mass is 79.9. The molecule has 2 nitrogen and oxygen atoms in total. The lowest BCUT2D eigenvalue weighted by molar-refractivity contribution is 0.815. The zero-order chi connectivity index (χ0) is 14.7. The first-order valence-corrected chi connectivity index (χ1v) is 7.70. The number of anilines is 2. The summed E-state index contributed by atoms with van der Waals surface area (Å²) in [4.78, 5) is 2.18. The summed E-state index contributed by atoms with van der Waals surface area (Å²) in [5.74, 6) is 0. The van der Waals surface area contributed by atoms with E-state index < -0.39 is 0 Å². The summed E-state index contributed by atoms with van der Waals surface area (Å²) in [5, 5.41) is 0. The van der Waals surface area contributed by atoms with Gasteiger partial charge >= 0.3 is 0 Å². The number of halogens is 1. The lowest BCUT2D eigenvalue weighted by atomic mass is 10.1. The number of rotatable bonds is 4. The van der Waals surface area contributed by atoms with Crippen molar-refractivity contribution in [3.63, 3.8) is 0 Å². The van der Waals surface area contributed by atoms with E-state index in [0.717, 1.165) is 22.1 Å². The van der Waals surface area contributed by atoms with Crippen LogP contribution >= 0.6 is 15.9 Å². The van der Waals surface area contributed by atoms with Gasteiger partial charge in [0.25, 0.3) is 0 Å². The average molecular weight is 333 g/mol. The number of hydrogen-bond donors (Lipinski definition) is 1. The molecule has 106 valence electrons. The molecule has 0 saturated heterocycles. The van der Waals surface area contributed by atoms with Crippen LogP contribution in [0.3, 0.4) is 0 Å². The zero-order valence-corrected chi connectivity index (χ0v) is 13.8. The summed E-state index contributed by atoms with van der Waals surface area (Å²) < 4.78 is 1.06. The molecule has 1 unspecified atom stereocenters. The molecule has 0 fully saturated rings. The van der Waals surface area contributed by atoms with E-state index in [9.17, 15) is 0 Å². The molecular weight excluding hydrogens is 312 g/mol. The lowest BCUT2D eigenvalue weighted by Gasteiger charge is -2.24. The highest BCUT2D eigenvalue weighted by Crippen LogP contribution is 2.32. The molecule has 0 amide bonds. The van der Waals surface area contributed by atoms with Gasteiger partial charge in [-0.1, -0.05) is 41.1 Å². The van der Waals surface area contributed by atoms with Crippen LogP contribution in [0, 0.1) is 0 Å². The van der Waals surface area contributed by atoms with Gasteiger partial charge in [0.2, 0.25) is 0 Å². The molecular formula is C17H21BrN2. The van der Waals surface area contributed by atoms with E-state index in [0.29, 0.717) is 0 Å². The normalized spacial score (nSPS) is 12.2. The smallest absolute Gasteiger partial charge is 0.0467 e. The molecule has 0 aliphatic carbocycles. The van der Waals surface area contributed by atoms with E-state index >= 15 is 0 Å². The Morgan fingerprint density at radius 2 is 1.80 bits per heavy atom. The molecule has 0 bridgehead atoms. The number of benzene rings is 2. The van der Waals surface area contributed by atoms with Crippen molar-refractivity contribution in [2.75, 3.05) is 11.9 Å². The van der Waals surface area contributed by atoms with Gasteiger partial charge in [0.1, 0.15) is 0 Å². The molecule has 0 radical (unpaired) electrons. The SMILES string of the molecule is CCc1ccc(N(C)c2cc(Br)ccc2C(C)N)cc1. The minimum atomic E-state index is 0.00969. The van der Waals surface area contributed by atoms with Gasteiger partial charge in [-0.25, -0.2) is 0 Å². The monoisotopic (exact) mass is 332 g/mol. The molecule has 2 aromatic rings. The van der Waals surface area contributed by atoms with Gasteiger partial charge in [-0.05, 0) is 48.7 Å². The van der Waals surface area contributed by atoms with Gasteiger partial charge in [-0.2, -0.15) is 0 Å². The van der Waals surface area contributed by atoms with Crippen LogP contribution in [0.2, 0.25) is 0 Å². The fraction of sp³-hybridized carbons (Fsp3) is 0.294. The first-order valence-electron chi connectivity index (χ1n) is 6.90. The Hall–Kier alpha value is -1.32. The summed E-state index contributed by atoms with van der Waals surface area (Å²) in [5.41, 5.74) is 10.9. The second kappa shape index (κ2) is 6.42. The largest absolute Gasteiger partial charge is 0.344 e. The summed E-state index contributed by atoms with van der Waals surface area (Å²) >= 11 is 3.54. The van der Waals surface area contributed by atoms with Crippen LogP contribution in [0.4, 0.5) is 11.4 Å². The van der Waals surface area contributed by atoms with Crippen molar-refractivity contribution >= 4 is 27.3 Å².